The minimum atomic E-state index is -0.424. The number of anilines is 1. The third-order valence-corrected chi connectivity index (χ3v) is 2.95. The molecule has 104 valence electrons. The second-order valence-corrected chi connectivity index (χ2v) is 4.45. The number of hydrogen-bond acceptors (Lipinski definition) is 4. The summed E-state index contributed by atoms with van der Waals surface area (Å²) in [5.41, 5.74) is 7.51. The number of benzene rings is 2. The van der Waals surface area contributed by atoms with Gasteiger partial charge in [0.1, 0.15) is 11.9 Å². The summed E-state index contributed by atoms with van der Waals surface area (Å²) >= 11 is 0. The largest absolute Gasteiger partial charge is 0.497 e. The van der Waals surface area contributed by atoms with Crippen LogP contribution in [0.5, 0.6) is 5.75 Å². The van der Waals surface area contributed by atoms with E-state index in [4.69, 9.17) is 15.2 Å². The maximum Gasteiger partial charge on any atom is 0.338 e. The Morgan fingerprint density at radius 2 is 1.85 bits per heavy atom. The van der Waals surface area contributed by atoms with E-state index >= 15 is 0 Å². The lowest BCUT2D eigenvalue weighted by Crippen LogP contribution is -2.09. The zero-order chi connectivity index (χ0) is 14.5. The van der Waals surface area contributed by atoms with Gasteiger partial charge >= 0.3 is 5.97 Å². The molecule has 4 heteroatoms. The van der Waals surface area contributed by atoms with Gasteiger partial charge in [-0.3, -0.25) is 0 Å². The van der Waals surface area contributed by atoms with Crippen LogP contribution >= 0.6 is 0 Å². The lowest BCUT2D eigenvalue weighted by atomic mass is 10.1. The molecule has 4 nitrogen and oxygen atoms in total. The van der Waals surface area contributed by atoms with Crippen LogP contribution in [0.2, 0.25) is 0 Å². The molecule has 0 aliphatic carbocycles. The molecular formula is C16H17NO3. The summed E-state index contributed by atoms with van der Waals surface area (Å²) in [4.78, 5) is 12.1. The van der Waals surface area contributed by atoms with Crippen molar-refractivity contribution in [3.63, 3.8) is 0 Å². The fourth-order valence-electron chi connectivity index (χ4n) is 1.88. The Hall–Kier alpha value is -2.49. The number of carbonyl (C=O) groups is 1. The lowest BCUT2D eigenvalue weighted by Gasteiger charge is -2.14. The highest BCUT2D eigenvalue weighted by Crippen LogP contribution is 2.22. The first-order valence-electron chi connectivity index (χ1n) is 6.30. The van der Waals surface area contributed by atoms with Gasteiger partial charge in [0.25, 0.3) is 0 Å². The van der Waals surface area contributed by atoms with Gasteiger partial charge in [-0.1, -0.05) is 30.3 Å². The first-order valence-corrected chi connectivity index (χ1v) is 6.30. The number of ether oxygens (including phenoxy) is 2. The van der Waals surface area contributed by atoms with E-state index < -0.39 is 5.97 Å². The van der Waals surface area contributed by atoms with Crippen molar-refractivity contribution in [2.75, 3.05) is 12.8 Å². The van der Waals surface area contributed by atoms with E-state index in [9.17, 15) is 4.79 Å². The van der Waals surface area contributed by atoms with Gasteiger partial charge in [-0.2, -0.15) is 0 Å². The molecule has 0 amide bonds. The minimum Gasteiger partial charge on any atom is -0.497 e. The SMILES string of the molecule is COc1cc(N)cc(C(=O)OC(C)c2ccccc2)c1. The molecule has 0 saturated heterocycles. The van der Waals surface area contributed by atoms with Crippen molar-refractivity contribution in [1.29, 1.82) is 0 Å². The van der Waals surface area contributed by atoms with Crippen LogP contribution in [0.25, 0.3) is 0 Å². The molecule has 2 N–H and O–H groups in total. The Bertz CT molecular complexity index is 596. The molecule has 0 spiro atoms. The second kappa shape index (κ2) is 6.10. The Morgan fingerprint density at radius 1 is 1.15 bits per heavy atom. The molecule has 0 saturated carbocycles. The van der Waals surface area contributed by atoms with E-state index in [2.05, 4.69) is 0 Å². The van der Waals surface area contributed by atoms with Gasteiger partial charge in [0, 0.05) is 11.8 Å². The van der Waals surface area contributed by atoms with Crippen LogP contribution in [0.1, 0.15) is 28.9 Å². The van der Waals surface area contributed by atoms with E-state index in [-0.39, 0.29) is 6.10 Å². The lowest BCUT2D eigenvalue weighted by molar-refractivity contribution is 0.0337. The highest BCUT2D eigenvalue weighted by atomic mass is 16.5. The van der Waals surface area contributed by atoms with E-state index in [1.54, 1.807) is 18.2 Å². The van der Waals surface area contributed by atoms with E-state index in [1.807, 2.05) is 37.3 Å². The molecule has 1 unspecified atom stereocenters. The first-order chi connectivity index (χ1) is 9.60. The molecular weight excluding hydrogens is 254 g/mol. The molecule has 1 atom stereocenters. The monoisotopic (exact) mass is 271 g/mol. The number of nitrogens with two attached hydrogens (primary N) is 1. The van der Waals surface area contributed by atoms with Crippen LogP contribution in [0.4, 0.5) is 5.69 Å². The fourth-order valence-corrected chi connectivity index (χ4v) is 1.88. The van der Waals surface area contributed by atoms with Crippen LogP contribution in [0.3, 0.4) is 0 Å². The van der Waals surface area contributed by atoms with Crippen LogP contribution in [0.15, 0.2) is 48.5 Å². The molecule has 0 fully saturated rings. The quantitative estimate of drug-likeness (QED) is 0.685. The second-order valence-electron chi connectivity index (χ2n) is 4.45. The van der Waals surface area contributed by atoms with Crippen LogP contribution in [-0.2, 0) is 4.74 Å². The smallest absolute Gasteiger partial charge is 0.338 e. The van der Waals surface area contributed by atoms with E-state index in [0.29, 0.717) is 17.0 Å². The summed E-state index contributed by atoms with van der Waals surface area (Å²) in [5, 5.41) is 0. The number of carbonyl (C=O) groups excluding carboxylic acids is 1. The van der Waals surface area contributed by atoms with E-state index in [1.165, 1.54) is 7.11 Å². The number of methoxy groups -OCH3 is 1. The third-order valence-electron chi connectivity index (χ3n) is 2.95. The minimum absolute atomic E-state index is 0.323. The van der Waals surface area contributed by atoms with Crippen molar-refractivity contribution in [2.24, 2.45) is 0 Å². The summed E-state index contributed by atoms with van der Waals surface area (Å²) in [5.74, 6) is 0.108. The summed E-state index contributed by atoms with van der Waals surface area (Å²) in [6.45, 7) is 1.83. The summed E-state index contributed by atoms with van der Waals surface area (Å²) in [6.07, 6.45) is -0.323. The predicted molar refractivity (Wildman–Crippen MR) is 77.7 cm³/mol. The number of hydrogen-bond donors (Lipinski definition) is 1. The Morgan fingerprint density at radius 3 is 2.50 bits per heavy atom. The Kier molecular flexibility index (Phi) is 4.25. The van der Waals surface area contributed by atoms with E-state index in [0.717, 1.165) is 5.56 Å². The molecule has 0 bridgehead atoms. The fraction of sp³-hybridized carbons (Fsp3) is 0.188. The van der Waals surface area contributed by atoms with Crippen molar-refractivity contribution in [3.8, 4) is 5.75 Å². The summed E-state index contributed by atoms with van der Waals surface area (Å²) < 4.78 is 10.5. The van der Waals surface area contributed by atoms with Crippen LogP contribution < -0.4 is 10.5 Å². The molecule has 2 aromatic rings. The van der Waals surface area contributed by atoms with Crippen LogP contribution in [0, 0.1) is 0 Å². The number of nitrogen functional groups attached to an aromatic ring is 1. The van der Waals surface area contributed by atoms with Crippen molar-refractivity contribution in [3.05, 3.63) is 59.7 Å². The maximum atomic E-state index is 12.1. The molecule has 20 heavy (non-hydrogen) atoms. The number of rotatable bonds is 4. The summed E-state index contributed by atoms with van der Waals surface area (Å²) in [7, 11) is 1.52. The molecule has 0 heterocycles. The van der Waals surface area contributed by atoms with Crippen molar-refractivity contribution < 1.29 is 14.3 Å². The topological polar surface area (TPSA) is 61.5 Å². The standard InChI is InChI=1S/C16H17NO3/c1-11(12-6-4-3-5-7-12)20-16(18)13-8-14(17)10-15(9-13)19-2/h3-11H,17H2,1-2H3. The molecule has 0 radical (unpaired) electrons. The van der Waals surface area contributed by atoms with Crippen molar-refractivity contribution >= 4 is 11.7 Å². The normalized spacial score (nSPS) is 11.7. The zero-order valence-corrected chi connectivity index (χ0v) is 11.5. The Labute approximate surface area is 118 Å². The molecule has 2 aromatic carbocycles. The zero-order valence-electron chi connectivity index (χ0n) is 11.5. The molecule has 2 rings (SSSR count). The summed E-state index contributed by atoms with van der Waals surface area (Å²) in [6, 6.07) is 14.4. The van der Waals surface area contributed by atoms with Gasteiger partial charge in [0.2, 0.25) is 0 Å². The van der Waals surface area contributed by atoms with Crippen LogP contribution in [-0.4, -0.2) is 13.1 Å². The van der Waals surface area contributed by atoms with Gasteiger partial charge in [-0.05, 0) is 24.6 Å². The van der Waals surface area contributed by atoms with Gasteiger partial charge in [-0.15, -0.1) is 0 Å². The number of esters is 1. The Balaban J connectivity index is 2.14. The van der Waals surface area contributed by atoms with Crippen molar-refractivity contribution in [1.82, 2.24) is 0 Å². The first kappa shape index (κ1) is 13.9. The molecule has 0 aromatic heterocycles. The highest BCUT2D eigenvalue weighted by Gasteiger charge is 2.14. The van der Waals surface area contributed by atoms with Gasteiger partial charge in [0.15, 0.2) is 0 Å². The van der Waals surface area contributed by atoms with Crippen molar-refractivity contribution in [2.45, 2.75) is 13.0 Å². The maximum absolute atomic E-state index is 12.1. The van der Waals surface area contributed by atoms with Gasteiger partial charge < -0.3 is 15.2 Å². The average molecular weight is 271 g/mol. The molecule has 0 aliphatic heterocycles. The molecule has 0 aliphatic rings. The highest BCUT2D eigenvalue weighted by molar-refractivity contribution is 5.91. The third kappa shape index (κ3) is 3.29. The predicted octanol–water partition coefficient (Wildman–Crippen LogP) is 3.20. The average Bonchev–Trinajstić information content (AvgIpc) is 2.47. The van der Waals surface area contributed by atoms with Gasteiger partial charge in [0.05, 0.1) is 12.7 Å². The van der Waals surface area contributed by atoms with Gasteiger partial charge in [-0.25, -0.2) is 4.79 Å².